The van der Waals surface area contributed by atoms with E-state index in [2.05, 4.69) is 12.2 Å². The Morgan fingerprint density at radius 1 is 1.50 bits per heavy atom. The van der Waals surface area contributed by atoms with Gasteiger partial charge in [0.15, 0.2) is 0 Å². The van der Waals surface area contributed by atoms with Crippen molar-refractivity contribution in [2.45, 2.75) is 32.0 Å². The largest absolute Gasteiger partial charge is 0.466 e. The highest BCUT2D eigenvalue weighted by Gasteiger charge is 2.28. The Labute approximate surface area is 84.4 Å². The molecule has 3 nitrogen and oxygen atoms in total. The average molecular weight is 195 g/mol. The van der Waals surface area contributed by atoms with Gasteiger partial charge in [0.25, 0.3) is 0 Å². The highest BCUT2D eigenvalue weighted by atomic mass is 16.5. The molecule has 1 aliphatic rings. The third kappa shape index (κ3) is 1.83. The van der Waals surface area contributed by atoms with Crippen LogP contribution in [0.25, 0.3) is 0 Å². The molecule has 1 N–H and O–H groups in total. The topological polar surface area (TPSA) is 34.4 Å². The second kappa shape index (κ2) is 4.15. The van der Waals surface area contributed by atoms with Crippen molar-refractivity contribution in [3.05, 3.63) is 23.7 Å². The number of ether oxygens (including phenoxy) is 1. The lowest BCUT2D eigenvalue weighted by Gasteiger charge is -2.12. The summed E-state index contributed by atoms with van der Waals surface area (Å²) < 4.78 is 11.3. The van der Waals surface area contributed by atoms with Crippen molar-refractivity contribution in [3.8, 4) is 0 Å². The summed E-state index contributed by atoms with van der Waals surface area (Å²) in [5.74, 6) is 1.00. The number of likely N-dealkylation sites (N-methyl/N-ethyl adjacent to an activating group) is 1. The van der Waals surface area contributed by atoms with E-state index in [-0.39, 0.29) is 6.10 Å². The predicted octanol–water partition coefficient (Wildman–Crippen LogP) is 2.03. The van der Waals surface area contributed by atoms with E-state index >= 15 is 0 Å². The van der Waals surface area contributed by atoms with Crippen LogP contribution in [0.15, 0.2) is 16.7 Å². The first kappa shape index (κ1) is 9.74. The summed E-state index contributed by atoms with van der Waals surface area (Å²) in [6, 6.07) is 1.99. The van der Waals surface area contributed by atoms with E-state index < -0.39 is 0 Å². The van der Waals surface area contributed by atoms with Crippen LogP contribution in [0.5, 0.6) is 0 Å². The molecule has 0 radical (unpaired) electrons. The Kier molecular flexibility index (Phi) is 2.89. The number of furan rings is 1. The Morgan fingerprint density at radius 2 is 2.36 bits per heavy atom. The van der Waals surface area contributed by atoms with E-state index in [1.54, 1.807) is 6.26 Å². The van der Waals surface area contributed by atoms with E-state index in [0.717, 1.165) is 25.1 Å². The molecule has 0 aliphatic carbocycles. The number of hydrogen-bond acceptors (Lipinski definition) is 3. The van der Waals surface area contributed by atoms with Crippen LogP contribution in [-0.2, 0) is 4.74 Å². The zero-order chi connectivity index (χ0) is 9.97. The van der Waals surface area contributed by atoms with E-state index in [1.165, 1.54) is 5.56 Å². The molecule has 3 heteroatoms. The molecule has 2 unspecified atom stereocenters. The van der Waals surface area contributed by atoms with Crippen LogP contribution < -0.4 is 5.32 Å². The van der Waals surface area contributed by atoms with E-state index in [9.17, 15) is 0 Å². The number of nitrogens with one attached hydrogen (secondary N) is 1. The van der Waals surface area contributed by atoms with Crippen LogP contribution >= 0.6 is 0 Å². The van der Waals surface area contributed by atoms with Crippen LogP contribution in [0.2, 0.25) is 0 Å². The van der Waals surface area contributed by atoms with Gasteiger partial charge in [-0.15, -0.1) is 0 Å². The SMILES string of the molecule is CNCC1CCC(c2occc2C)O1. The first-order valence-electron chi connectivity index (χ1n) is 5.15. The minimum Gasteiger partial charge on any atom is -0.466 e. The quantitative estimate of drug-likeness (QED) is 0.801. The molecule has 0 amide bonds. The van der Waals surface area contributed by atoms with Crippen molar-refractivity contribution >= 4 is 0 Å². The Balaban J connectivity index is 1.99. The molecule has 2 rings (SSSR count). The van der Waals surface area contributed by atoms with Crippen molar-refractivity contribution in [2.75, 3.05) is 13.6 Å². The highest BCUT2D eigenvalue weighted by molar-refractivity contribution is 5.17. The van der Waals surface area contributed by atoms with Gasteiger partial charge in [-0.25, -0.2) is 0 Å². The summed E-state index contributed by atoms with van der Waals surface area (Å²) in [5, 5.41) is 3.13. The van der Waals surface area contributed by atoms with Crippen LogP contribution in [-0.4, -0.2) is 19.7 Å². The van der Waals surface area contributed by atoms with Crippen molar-refractivity contribution < 1.29 is 9.15 Å². The molecule has 1 saturated heterocycles. The second-order valence-corrected chi connectivity index (χ2v) is 3.85. The molecule has 2 atom stereocenters. The fraction of sp³-hybridized carbons (Fsp3) is 0.636. The fourth-order valence-electron chi connectivity index (χ4n) is 1.99. The Bertz CT molecular complexity index is 295. The molecule has 1 aromatic rings. The average Bonchev–Trinajstić information content (AvgIpc) is 2.74. The van der Waals surface area contributed by atoms with Gasteiger partial charge >= 0.3 is 0 Å². The molecule has 0 bridgehead atoms. The highest BCUT2D eigenvalue weighted by Crippen LogP contribution is 2.34. The maximum Gasteiger partial charge on any atom is 0.135 e. The lowest BCUT2D eigenvalue weighted by molar-refractivity contribution is 0.0334. The lowest BCUT2D eigenvalue weighted by atomic mass is 10.1. The number of aryl methyl sites for hydroxylation is 1. The van der Waals surface area contributed by atoms with Gasteiger partial charge in [0, 0.05) is 6.54 Å². The molecule has 2 heterocycles. The summed E-state index contributed by atoms with van der Waals surface area (Å²) in [5.41, 5.74) is 1.19. The van der Waals surface area contributed by atoms with Crippen LogP contribution in [0.1, 0.15) is 30.3 Å². The van der Waals surface area contributed by atoms with Crippen LogP contribution in [0.3, 0.4) is 0 Å². The summed E-state index contributed by atoms with van der Waals surface area (Å²) in [6.45, 7) is 2.99. The van der Waals surface area contributed by atoms with Gasteiger partial charge in [-0.3, -0.25) is 0 Å². The fourth-order valence-corrected chi connectivity index (χ4v) is 1.99. The maximum atomic E-state index is 5.87. The summed E-state index contributed by atoms with van der Waals surface area (Å²) in [7, 11) is 1.95. The zero-order valence-electron chi connectivity index (χ0n) is 8.75. The first-order valence-corrected chi connectivity index (χ1v) is 5.15. The lowest BCUT2D eigenvalue weighted by Crippen LogP contribution is -2.22. The number of hydrogen-bond donors (Lipinski definition) is 1. The van der Waals surface area contributed by atoms with E-state index in [1.807, 2.05) is 13.1 Å². The molecule has 1 aliphatic heterocycles. The van der Waals surface area contributed by atoms with Crippen molar-refractivity contribution in [1.82, 2.24) is 5.32 Å². The third-order valence-corrected chi connectivity index (χ3v) is 2.73. The second-order valence-electron chi connectivity index (χ2n) is 3.85. The van der Waals surface area contributed by atoms with Gasteiger partial charge < -0.3 is 14.5 Å². The molecule has 14 heavy (non-hydrogen) atoms. The Hall–Kier alpha value is -0.800. The molecular weight excluding hydrogens is 178 g/mol. The van der Waals surface area contributed by atoms with Gasteiger partial charge in [0.05, 0.1) is 12.4 Å². The molecule has 78 valence electrons. The van der Waals surface area contributed by atoms with E-state index in [0.29, 0.717) is 6.10 Å². The van der Waals surface area contributed by atoms with Crippen molar-refractivity contribution in [3.63, 3.8) is 0 Å². The normalized spacial score (nSPS) is 27.0. The minimum absolute atomic E-state index is 0.170. The van der Waals surface area contributed by atoms with Gasteiger partial charge in [0.2, 0.25) is 0 Å². The van der Waals surface area contributed by atoms with Crippen molar-refractivity contribution in [1.29, 1.82) is 0 Å². The predicted molar refractivity (Wildman–Crippen MR) is 54.2 cm³/mol. The minimum atomic E-state index is 0.170. The zero-order valence-corrected chi connectivity index (χ0v) is 8.75. The van der Waals surface area contributed by atoms with Crippen LogP contribution in [0.4, 0.5) is 0 Å². The molecule has 0 spiro atoms. The summed E-state index contributed by atoms with van der Waals surface area (Å²) >= 11 is 0. The smallest absolute Gasteiger partial charge is 0.135 e. The third-order valence-electron chi connectivity index (χ3n) is 2.73. The molecule has 0 saturated carbocycles. The standard InChI is InChI=1S/C11H17NO2/c1-8-5-6-13-11(8)10-4-3-9(14-10)7-12-2/h5-6,9-10,12H,3-4,7H2,1-2H3. The van der Waals surface area contributed by atoms with Gasteiger partial charge in [-0.1, -0.05) is 0 Å². The van der Waals surface area contributed by atoms with E-state index in [4.69, 9.17) is 9.15 Å². The first-order chi connectivity index (χ1) is 6.81. The summed E-state index contributed by atoms with van der Waals surface area (Å²) in [4.78, 5) is 0. The summed E-state index contributed by atoms with van der Waals surface area (Å²) in [6.07, 6.45) is 4.43. The monoisotopic (exact) mass is 195 g/mol. The van der Waals surface area contributed by atoms with Gasteiger partial charge in [-0.2, -0.15) is 0 Å². The van der Waals surface area contributed by atoms with Crippen LogP contribution in [0, 0.1) is 6.92 Å². The molecule has 1 aromatic heterocycles. The maximum absolute atomic E-state index is 5.87. The van der Waals surface area contributed by atoms with Crippen molar-refractivity contribution in [2.24, 2.45) is 0 Å². The molecular formula is C11H17NO2. The van der Waals surface area contributed by atoms with Gasteiger partial charge in [0.1, 0.15) is 11.9 Å². The number of rotatable bonds is 3. The molecule has 1 fully saturated rings. The Morgan fingerprint density at radius 3 is 3.00 bits per heavy atom. The molecule has 0 aromatic carbocycles. The van der Waals surface area contributed by atoms with Gasteiger partial charge in [-0.05, 0) is 38.4 Å².